The van der Waals surface area contributed by atoms with E-state index in [0.29, 0.717) is 5.75 Å². The van der Waals surface area contributed by atoms with Crippen molar-refractivity contribution in [1.82, 2.24) is 0 Å². The van der Waals surface area contributed by atoms with Gasteiger partial charge in [-0.3, -0.25) is 18.4 Å². The van der Waals surface area contributed by atoms with Crippen molar-refractivity contribution in [3.63, 3.8) is 0 Å². The number of aliphatic hydroxyl groups is 14. The molecule has 0 aliphatic carbocycles. The fourth-order valence-electron chi connectivity index (χ4n) is 10.8. The van der Waals surface area contributed by atoms with Crippen molar-refractivity contribution in [2.24, 2.45) is 0 Å². The zero-order valence-corrected chi connectivity index (χ0v) is 62.6. The van der Waals surface area contributed by atoms with Crippen LogP contribution in [0.1, 0.15) is 42.5 Å². The first-order valence-electron chi connectivity index (χ1n) is 31.1. The van der Waals surface area contributed by atoms with E-state index in [2.05, 4.69) is 18.7 Å². The standard InChI is InChI=1S/C21H40O15S2.C16H30O12S.C12H24O12S2.C5H10O3S.2CH4/c1-21(2)32-15(9-38-8-13(23)17(24)16(38)6-22)19(34-37-36-35-25)20(33-21)18(31-12-28-5)14(30-11-27-4)7-29-10-26-3;1-16(2)26-12-7-25-29(17,18)28-14(12)15(27-16)13(24-10-21-5)11(23-9-20-4)6-22-8-19-3;13-1-5(15)10(19)11(20)12(22-25-24-23-21)7(17)4-26-3-6(16)9(18)8(26)2-14;6-1-4-5(8)3(7)2-9-4;;/h13-20,22-24H,6-12H2,1-5H3;11-15H,6-10H2,1-5H3;5-20H,1-4H2;3-8H,1-2H2;2*1H4/t13-,14?,15-,16-,17+,18?,19?,20+,38?;11?,12-,13?,14-,15+;5?,6-,7-,8-,9+,10-,11+,12?,26?;3-,4-,5+;;/m1111../s1. The summed E-state index contributed by atoms with van der Waals surface area (Å²) < 4.78 is 141. The Bertz CT molecular complexity index is 2260. The molecule has 0 aromatic heterocycles. The first-order chi connectivity index (χ1) is 48.5. The second-order valence-electron chi connectivity index (χ2n) is 23.6. The third-order valence-electron chi connectivity index (χ3n) is 15.4. The van der Waals surface area contributed by atoms with Crippen molar-refractivity contribution in [3.05, 3.63) is 0 Å². The van der Waals surface area contributed by atoms with Crippen LogP contribution in [0, 0.1) is 0 Å². The van der Waals surface area contributed by atoms with E-state index in [9.17, 15) is 70.0 Å². The van der Waals surface area contributed by atoms with Crippen LogP contribution in [0.25, 0.3) is 0 Å². The predicted octanol–water partition coefficient (Wildman–Crippen LogP) is -7.85. The molecule has 0 bridgehead atoms. The van der Waals surface area contributed by atoms with Crippen LogP contribution in [0.4, 0.5) is 0 Å². The molecule has 6 aliphatic rings. The van der Waals surface area contributed by atoms with E-state index >= 15 is 0 Å². The van der Waals surface area contributed by atoms with Gasteiger partial charge in [0.25, 0.3) is 0 Å². The SMILES string of the molecule is C.C.COCOCC(OCOC)C(OCOC)[C@@H]1OC(C)(C)O[C@@H]2COS(=O)(=O)O[C@H]21.COCOCC(OCOC)C(OCOC)[C@@H]1OC(C)(C)O[C@H](C[S+]2C[C@@H](O)[C@H](O)[C@H]2CO)C1OSOO[O-].OC[C@H]1SC[C@@H](O)[C@@H]1O.[O-]OOSOC([C@H](O)C[S+]1C[C@@H](O)[C@H](O)[C@H]1CO)[C@@H](O)[C@H](O)C(O)CO. The van der Waals surface area contributed by atoms with Crippen molar-refractivity contribution >= 4 is 68.6 Å². The van der Waals surface area contributed by atoms with Crippen LogP contribution < -0.4 is 10.5 Å². The summed E-state index contributed by atoms with van der Waals surface area (Å²) in [5.41, 5.74) is 0. The molecular formula is C56H112O42S6. The van der Waals surface area contributed by atoms with Gasteiger partial charge in [0.15, 0.2) is 46.7 Å². The Morgan fingerprint density at radius 1 is 0.587 bits per heavy atom. The van der Waals surface area contributed by atoms with Crippen LogP contribution in [-0.2, 0) is 143 Å². The smallest absolute Gasteiger partial charge is 0.400 e. The summed E-state index contributed by atoms with van der Waals surface area (Å²) >= 11 is 1.66. The van der Waals surface area contributed by atoms with Crippen molar-refractivity contribution in [2.75, 3.05) is 158 Å². The topological polar surface area (TPSA) is 585 Å². The minimum absolute atomic E-state index is 0. The molecule has 6 rings (SSSR count). The average Bonchev–Trinajstić information content (AvgIpc) is 0.996. The lowest BCUT2D eigenvalue weighted by molar-refractivity contribution is -0.778. The fourth-order valence-corrected chi connectivity index (χ4v) is 19.0. The molecule has 0 spiro atoms. The van der Waals surface area contributed by atoms with Gasteiger partial charge in [-0.25, -0.2) is 8.37 Å². The quantitative estimate of drug-likeness (QED) is 0.00673. The highest BCUT2D eigenvalue weighted by Gasteiger charge is 2.58. The Kier molecular flexibility index (Phi) is 53.0. The largest absolute Gasteiger partial charge is 0.691 e. The van der Waals surface area contributed by atoms with E-state index < -0.39 is 196 Å². The van der Waals surface area contributed by atoms with Gasteiger partial charge in [-0.1, -0.05) is 14.9 Å². The minimum atomic E-state index is -4.20. The highest BCUT2D eigenvalue weighted by Crippen LogP contribution is 2.40. The third-order valence-corrected chi connectivity index (χ3v) is 24.1. The van der Waals surface area contributed by atoms with Crippen LogP contribution in [-0.4, -0.2) is 394 Å². The van der Waals surface area contributed by atoms with E-state index in [-0.39, 0.29) is 142 Å². The normalized spacial score (nSPS) is 32.3. The maximum atomic E-state index is 11.9. The summed E-state index contributed by atoms with van der Waals surface area (Å²) in [6.07, 6.45) is -22.8. The molecule has 104 heavy (non-hydrogen) atoms. The first kappa shape index (κ1) is 102. The van der Waals surface area contributed by atoms with E-state index in [1.807, 2.05) is 0 Å². The van der Waals surface area contributed by atoms with Crippen LogP contribution >= 0.6 is 36.4 Å². The molecule has 42 nitrogen and oxygen atoms in total. The Hall–Kier alpha value is 0.1000. The molecule has 48 heteroatoms. The minimum Gasteiger partial charge on any atom is -0.691 e. The lowest BCUT2D eigenvalue weighted by Gasteiger charge is -2.49. The molecule has 0 aromatic carbocycles. The number of thioether (sulfide) groups is 1. The molecule has 6 aliphatic heterocycles. The summed E-state index contributed by atoms with van der Waals surface area (Å²) in [6.45, 7) is 4.61. The molecule has 0 amide bonds. The molecular weight excluding hydrogens is 1540 g/mol. The Balaban J connectivity index is 0.000000738. The van der Waals surface area contributed by atoms with Gasteiger partial charge >= 0.3 is 10.4 Å². The maximum Gasteiger partial charge on any atom is 0.400 e. The number of aliphatic hydroxyl groups excluding tert-OH is 14. The van der Waals surface area contributed by atoms with Crippen molar-refractivity contribution < 1.29 is 202 Å². The maximum absolute atomic E-state index is 11.9. The second kappa shape index (κ2) is 54.0. The first-order valence-corrected chi connectivity index (χ1v) is 38.1. The number of hydrogen-bond acceptors (Lipinski definition) is 45. The Morgan fingerprint density at radius 2 is 1.07 bits per heavy atom. The summed E-state index contributed by atoms with van der Waals surface area (Å²) in [7, 11) is 3.10. The highest BCUT2D eigenvalue weighted by molar-refractivity contribution is 8.00. The van der Waals surface area contributed by atoms with Gasteiger partial charge in [-0.05, 0) is 27.7 Å². The van der Waals surface area contributed by atoms with Crippen LogP contribution in [0.15, 0.2) is 0 Å². The number of ether oxygens (including phenoxy) is 16. The monoisotopic (exact) mass is 1650 g/mol. The van der Waals surface area contributed by atoms with E-state index in [0.717, 1.165) is 0 Å². The van der Waals surface area contributed by atoms with Crippen LogP contribution in [0.5, 0.6) is 0 Å². The Morgan fingerprint density at radius 3 is 1.54 bits per heavy atom. The molecule has 14 N–H and O–H groups in total. The lowest BCUT2D eigenvalue weighted by atomic mass is 9.96. The second-order valence-corrected chi connectivity index (χ2v) is 31.8. The van der Waals surface area contributed by atoms with Gasteiger partial charge < -0.3 is 158 Å². The van der Waals surface area contributed by atoms with Crippen molar-refractivity contribution in [3.8, 4) is 0 Å². The van der Waals surface area contributed by atoms with E-state index in [1.54, 1.807) is 27.7 Å². The summed E-state index contributed by atoms with van der Waals surface area (Å²) in [4.78, 5) is 0. The molecule has 26 atom stereocenters. The molecule has 624 valence electrons. The van der Waals surface area contributed by atoms with E-state index in [1.165, 1.54) is 54.4 Å². The third kappa shape index (κ3) is 33.7. The number of rotatable bonds is 44. The fraction of sp³-hybridized carbons (Fsp3) is 1.00. The summed E-state index contributed by atoms with van der Waals surface area (Å²) in [6, 6.07) is 0. The number of fused-ring (bicyclic) bond motifs is 1. The van der Waals surface area contributed by atoms with Crippen LogP contribution in [0.2, 0.25) is 0 Å². The van der Waals surface area contributed by atoms with Gasteiger partial charge in [0.1, 0.15) is 180 Å². The van der Waals surface area contributed by atoms with Crippen molar-refractivity contribution in [2.45, 2.75) is 198 Å². The highest BCUT2D eigenvalue weighted by atomic mass is 32.3. The molecule has 9 unspecified atom stereocenters. The molecule has 0 saturated carbocycles. The molecule has 0 aromatic rings. The Labute approximate surface area is 623 Å². The van der Waals surface area contributed by atoms with Gasteiger partial charge in [0.05, 0.1) is 63.7 Å². The van der Waals surface area contributed by atoms with Gasteiger partial charge in [-0.15, -0.1) is 8.67 Å². The van der Waals surface area contributed by atoms with E-state index in [4.69, 9.17) is 113 Å². The zero-order chi connectivity index (χ0) is 76.3. The molecule has 6 saturated heterocycles. The van der Waals surface area contributed by atoms with Gasteiger partial charge in [0.2, 0.25) is 0 Å². The zero-order valence-electron chi connectivity index (χ0n) is 57.7. The van der Waals surface area contributed by atoms with Crippen LogP contribution in [0.3, 0.4) is 0 Å². The summed E-state index contributed by atoms with van der Waals surface area (Å²) in [5, 5.41) is 160. The van der Waals surface area contributed by atoms with Gasteiger partial charge in [0, 0.05) is 70.2 Å². The average molecular weight is 1650 g/mol. The lowest BCUT2D eigenvalue weighted by Crippen LogP contribution is -2.65. The number of hydrogen-bond donors (Lipinski definition) is 14. The molecule has 6 fully saturated rings. The van der Waals surface area contributed by atoms with Gasteiger partial charge in [-0.2, -0.15) is 20.2 Å². The number of methoxy groups -OCH3 is 6. The molecule has 0 radical (unpaired) electrons. The summed E-state index contributed by atoms with van der Waals surface area (Å²) in [5.74, 6) is -1.17. The van der Waals surface area contributed by atoms with Crippen molar-refractivity contribution in [1.29, 1.82) is 0 Å². The molecule has 6 heterocycles. The predicted molar refractivity (Wildman–Crippen MR) is 359 cm³/mol.